The van der Waals surface area contributed by atoms with E-state index in [1.807, 2.05) is 79.0 Å². The monoisotopic (exact) mass is 489 g/mol. The van der Waals surface area contributed by atoms with Gasteiger partial charge in [-0.2, -0.15) is 9.78 Å². The third kappa shape index (κ3) is 4.02. The summed E-state index contributed by atoms with van der Waals surface area (Å²) in [7, 11) is 1.61. The third-order valence-corrected chi connectivity index (χ3v) is 6.25. The first-order valence-corrected chi connectivity index (χ1v) is 11.7. The van der Waals surface area contributed by atoms with Crippen LogP contribution < -0.4 is 15.8 Å². The highest BCUT2D eigenvalue weighted by Gasteiger charge is 2.24. The number of hydrogen-bond donors (Lipinski definition) is 3. The van der Waals surface area contributed by atoms with E-state index >= 15 is 0 Å². The molecule has 6 aromatic rings. The number of carbonyl (C=O) groups excluding carboxylic acids is 1. The zero-order valence-electron chi connectivity index (χ0n) is 20.0. The van der Waals surface area contributed by atoms with Gasteiger partial charge in [-0.3, -0.25) is 4.79 Å². The van der Waals surface area contributed by atoms with Gasteiger partial charge in [-0.05, 0) is 35.9 Å². The Labute approximate surface area is 211 Å². The SMILES string of the molecule is COc1ccc(CNC(=O)c2c(N)n(N=Cc3c[nH]c4ccccc34)c3nc4ccccc4nc23)cc1. The fraction of sp³-hybridized carbons (Fsp3) is 0.0714. The molecule has 0 fully saturated rings. The molecule has 3 heterocycles. The van der Waals surface area contributed by atoms with Gasteiger partial charge >= 0.3 is 0 Å². The number of ether oxygens (including phenoxy) is 1. The average molecular weight is 490 g/mol. The van der Waals surface area contributed by atoms with Crippen molar-refractivity contribution in [1.82, 2.24) is 24.9 Å². The number of nitrogens with zero attached hydrogens (tertiary/aromatic N) is 4. The molecule has 9 heteroatoms. The van der Waals surface area contributed by atoms with Crippen LogP contribution >= 0.6 is 0 Å². The second-order valence-electron chi connectivity index (χ2n) is 8.52. The molecular formula is C28H23N7O2. The number of rotatable bonds is 6. The first-order valence-electron chi connectivity index (χ1n) is 11.7. The number of aromatic amines is 1. The quantitative estimate of drug-likeness (QED) is 0.298. The van der Waals surface area contributed by atoms with Gasteiger partial charge in [-0.15, -0.1) is 0 Å². The first-order chi connectivity index (χ1) is 18.1. The molecule has 3 aromatic heterocycles. The third-order valence-electron chi connectivity index (χ3n) is 6.25. The standard InChI is InChI=1S/C28H23N7O2/c1-37-19-12-10-17(11-13-19)14-31-28(36)24-25-27(34-23-9-5-4-8-22(23)33-25)35(26(24)29)32-16-18-15-30-21-7-3-2-6-20(18)21/h2-13,15-16,30H,14,29H2,1H3,(H,31,36). The minimum Gasteiger partial charge on any atom is -0.497 e. The minimum atomic E-state index is -0.357. The molecular weight excluding hydrogens is 466 g/mol. The Morgan fingerprint density at radius 2 is 1.78 bits per heavy atom. The van der Waals surface area contributed by atoms with Crippen LogP contribution in [-0.4, -0.2) is 38.9 Å². The number of aromatic nitrogens is 4. The molecule has 37 heavy (non-hydrogen) atoms. The number of fused-ring (bicyclic) bond motifs is 3. The van der Waals surface area contributed by atoms with Gasteiger partial charge < -0.3 is 20.8 Å². The van der Waals surface area contributed by atoms with Crippen LogP contribution in [0.3, 0.4) is 0 Å². The zero-order valence-corrected chi connectivity index (χ0v) is 20.0. The molecule has 182 valence electrons. The first kappa shape index (κ1) is 22.3. The molecule has 0 unspecified atom stereocenters. The summed E-state index contributed by atoms with van der Waals surface area (Å²) in [6, 6.07) is 22.9. The van der Waals surface area contributed by atoms with E-state index in [1.54, 1.807) is 13.3 Å². The summed E-state index contributed by atoms with van der Waals surface area (Å²) in [5, 5.41) is 8.59. The Hall–Kier alpha value is -5.18. The van der Waals surface area contributed by atoms with E-state index in [-0.39, 0.29) is 17.3 Å². The summed E-state index contributed by atoms with van der Waals surface area (Å²) in [6.45, 7) is 0.314. The van der Waals surface area contributed by atoms with Crippen molar-refractivity contribution in [3.05, 3.63) is 95.7 Å². The molecule has 9 nitrogen and oxygen atoms in total. The highest BCUT2D eigenvalue weighted by atomic mass is 16.5. The molecule has 3 aromatic carbocycles. The van der Waals surface area contributed by atoms with Crippen LogP contribution in [0.1, 0.15) is 21.5 Å². The predicted molar refractivity (Wildman–Crippen MR) is 145 cm³/mol. The van der Waals surface area contributed by atoms with Gasteiger partial charge in [0.15, 0.2) is 5.65 Å². The van der Waals surface area contributed by atoms with Crippen LogP contribution in [0.25, 0.3) is 33.1 Å². The Bertz CT molecular complexity index is 1800. The lowest BCUT2D eigenvalue weighted by atomic mass is 10.2. The number of para-hydroxylation sites is 3. The summed E-state index contributed by atoms with van der Waals surface area (Å²) < 4.78 is 6.67. The maximum atomic E-state index is 13.4. The number of nitrogen functional groups attached to an aromatic ring is 1. The smallest absolute Gasteiger partial charge is 0.257 e. The van der Waals surface area contributed by atoms with Crippen molar-refractivity contribution in [2.75, 3.05) is 12.8 Å². The van der Waals surface area contributed by atoms with Gasteiger partial charge in [0, 0.05) is 29.2 Å². The number of nitrogens with one attached hydrogen (secondary N) is 2. The van der Waals surface area contributed by atoms with E-state index in [1.165, 1.54) is 4.68 Å². The molecule has 0 aliphatic carbocycles. The lowest BCUT2D eigenvalue weighted by molar-refractivity contribution is 0.0953. The number of anilines is 1. The molecule has 4 N–H and O–H groups in total. The van der Waals surface area contributed by atoms with E-state index in [4.69, 9.17) is 20.4 Å². The van der Waals surface area contributed by atoms with Gasteiger partial charge in [0.2, 0.25) is 0 Å². The Kier molecular flexibility index (Phi) is 5.49. The molecule has 0 saturated heterocycles. The van der Waals surface area contributed by atoms with Crippen molar-refractivity contribution >= 4 is 51.0 Å². The molecule has 0 saturated carbocycles. The van der Waals surface area contributed by atoms with E-state index < -0.39 is 0 Å². The number of carbonyl (C=O) groups is 1. The van der Waals surface area contributed by atoms with Crippen molar-refractivity contribution in [1.29, 1.82) is 0 Å². The summed E-state index contributed by atoms with van der Waals surface area (Å²) in [5.74, 6) is 0.551. The van der Waals surface area contributed by atoms with E-state index in [2.05, 4.69) is 15.4 Å². The molecule has 0 aliphatic heterocycles. The molecule has 0 radical (unpaired) electrons. The maximum Gasteiger partial charge on any atom is 0.257 e. The number of hydrogen-bond acceptors (Lipinski definition) is 6. The van der Waals surface area contributed by atoms with Crippen LogP contribution in [0.4, 0.5) is 5.82 Å². The maximum absolute atomic E-state index is 13.4. The van der Waals surface area contributed by atoms with Gasteiger partial charge in [-0.25, -0.2) is 9.97 Å². The summed E-state index contributed by atoms with van der Waals surface area (Å²) >= 11 is 0. The second kappa shape index (κ2) is 9.12. The van der Waals surface area contributed by atoms with Gasteiger partial charge in [-0.1, -0.05) is 42.5 Å². The van der Waals surface area contributed by atoms with Crippen LogP contribution in [-0.2, 0) is 6.54 Å². The summed E-state index contributed by atoms with van der Waals surface area (Å²) in [6.07, 6.45) is 3.57. The van der Waals surface area contributed by atoms with Crippen molar-refractivity contribution < 1.29 is 9.53 Å². The second-order valence-corrected chi connectivity index (χ2v) is 8.52. The molecule has 0 atom stereocenters. The number of amides is 1. The fourth-order valence-electron chi connectivity index (χ4n) is 4.32. The lowest BCUT2D eigenvalue weighted by Gasteiger charge is -2.06. The van der Waals surface area contributed by atoms with Crippen molar-refractivity contribution in [2.45, 2.75) is 6.54 Å². The van der Waals surface area contributed by atoms with Gasteiger partial charge in [0.05, 0.1) is 24.4 Å². The summed E-state index contributed by atoms with van der Waals surface area (Å²) in [4.78, 5) is 26.1. The number of methoxy groups -OCH3 is 1. The highest BCUT2D eigenvalue weighted by Crippen LogP contribution is 2.28. The number of H-pyrrole nitrogens is 1. The van der Waals surface area contributed by atoms with Gasteiger partial charge in [0.25, 0.3) is 5.91 Å². The number of nitrogens with two attached hydrogens (primary N) is 1. The van der Waals surface area contributed by atoms with Gasteiger partial charge in [0.1, 0.15) is 22.6 Å². The summed E-state index contributed by atoms with van der Waals surface area (Å²) in [5.41, 5.74) is 11.7. The highest BCUT2D eigenvalue weighted by molar-refractivity contribution is 6.11. The Balaban J connectivity index is 1.42. The normalized spacial score (nSPS) is 11.6. The average Bonchev–Trinajstić information content (AvgIpc) is 3.47. The van der Waals surface area contributed by atoms with Crippen LogP contribution in [0, 0.1) is 0 Å². The van der Waals surface area contributed by atoms with E-state index in [9.17, 15) is 4.79 Å². The lowest BCUT2D eigenvalue weighted by Crippen LogP contribution is -2.23. The predicted octanol–water partition coefficient (Wildman–Crippen LogP) is 4.47. The number of benzene rings is 3. The van der Waals surface area contributed by atoms with Crippen LogP contribution in [0.15, 0.2) is 84.1 Å². The molecule has 0 bridgehead atoms. The molecule has 6 rings (SSSR count). The van der Waals surface area contributed by atoms with E-state index in [0.717, 1.165) is 27.8 Å². The van der Waals surface area contributed by atoms with E-state index in [0.29, 0.717) is 28.7 Å². The largest absolute Gasteiger partial charge is 0.497 e. The minimum absolute atomic E-state index is 0.161. The molecule has 0 spiro atoms. The van der Waals surface area contributed by atoms with Crippen molar-refractivity contribution in [3.8, 4) is 5.75 Å². The Morgan fingerprint density at radius 1 is 1.05 bits per heavy atom. The molecule has 0 aliphatic rings. The topological polar surface area (TPSA) is 123 Å². The fourth-order valence-corrected chi connectivity index (χ4v) is 4.32. The van der Waals surface area contributed by atoms with Crippen molar-refractivity contribution in [2.24, 2.45) is 5.10 Å². The van der Waals surface area contributed by atoms with Crippen molar-refractivity contribution in [3.63, 3.8) is 0 Å². The zero-order chi connectivity index (χ0) is 25.4. The van der Waals surface area contributed by atoms with Crippen LogP contribution in [0.2, 0.25) is 0 Å². The van der Waals surface area contributed by atoms with Crippen LogP contribution in [0.5, 0.6) is 5.75 Å². The molecule has 1 amide bonds. The Morgan fingerprint density at radius 3 is 2.57 bits per heavy atom.